The Kier molecular flexibility index (Phi) is 2.93. The van der Waals surface area contributed by atoms with Gasteiger partial charge in [-0.3, -0.25) is 0 Å². The summed E-state index contributed by atoms with van der Waals surface area (Å²) in [5.74, 6) is 0.455. The van der Waals surface area contributed by atoms with Crippen LogP contribution in [0.4, 0.5) is 0 Å². The van der Waals surface area contributed by atoms with E-state index in [1.807, 2.05) is 0 Å². The van der Waals surface area contributed by atoms with Crippen LogP contribution >= 0.6 is 11.3 Å². The van der Waals surface area contributed by atoms with Gasteiger partial charge in [-0.25, -0.2) is 0 Å². The minimum Gasteiger partial charge on any atom is -0.389 e. The minimum atomic E-state index is -0.431. The van der Waals surface area contributed by atoms with Crippen molar-refractivity contribution in [1.82, 2.24) is 0 Å². The minimum absolute atomic E-state index is 0.431. The zero-order chi connectivity index (χ0) is 10.0. The van der Waals surface area contributed by atoms with Gasteiger partial charge in [0.25, 0.3) is 0 Å². The molecule has 1 aliphatic rings. The molecule has 0 radical (unpaired) electrons. The molecule has 1 N–H and O–H groups in total. The zero-order valence-electron chi connectivity index (χ0n) is 8.70. The molecule has 2 atom stereocenters. The van der Waals surface area contributed by atoms with Crippen molar-refractivity contribution < 1.29 is 5.11 Å². The quantitative estimate of drug-likeness (QED) is 0.794. The van der Waals surface area contributed by atoms with Crippen LogP contribution in [0.15, 0.2) is 16.8 Å². The highest BCUT2D eigenvalue weighted by Crippen LogP contribution is 2.36. The largest absolute Gasteiger partial charge is 0.389 e. The van der Waals surface area contributed by atoms with Crippen molar-refractivity contribution in [2.75, 3.05) is 0 Å². The number of thiophene rings is 1. The average molecular weight is 210 g/mol. The molecule has 2 unspecified atom stereocenters. The van der Waals surface area contributed by atoms with Crippen LogP contribution in [0.1, 0.15) is 38.2 Å². The van der Waals surface area contributed by atoms with Crippen LogP contribution in [-0.4, -0.2) is 10.7 Å². The Hall–Kier alpha value is -0.340. The van der Waals surface area contributed by atoms with E-state index in [1.54, 1.807) is 11.3 Å². The van der Waals surface area contributed by atoms with Crippen LogP contribution in [-0.2, 0) is 6.42 Å². The van der Waals surface area contributed by atoms with Gasteiger partial charge in [-0.05, 0) is 41.1 Å². The summed E-state index contributed by atoms with van der Waals surface area (Å²) in [6, 6.07) is 2.13. The van der Waals surface area contributed by atoms with E-state index in [0.29, 0.717) is 5.92 Å². The van der Waals surface area contributed by atoms with Crippen LogP contribution in [0, 0.1) is 5.92 Å². The van der Waals surface area contributed by atoms with E-state index in [2.05, 4.69) is 23.8 Å². The second-order valence-electron chi connectivity index (χ2n) is 4.56. The molecule has 0 aromatic carbocycles. The number of rotatable bonds is 2. The van der Waals surface area contributed by atoms with Crippen LogP contribution in [0.5, 0.6) is 0 Å². The number of hydrogen-bond donors (Lipinski definition) is 1. The Balaban J connectivity index is 2.07. The lowest BCUT2D eigenvalue weighted by molar-refractivity contribution is -0.0404. The molecule has 0 bridgehead atoms. The summed E-state index contributed by atoms with van der Waals surface area (Å²) in [5.41, 5.74) is 0.866. The molecular weight excluding hydrogens is 192 g/mol. The first-order valence-corrected chi connectivity index (χ1v) is 6.38. The van der Waals surface area contributed by atoms with Gasteiger partial charge in [-0.15, -0.1) is 0 Å². The topological polar surface area (TPSA) is 20.2 Å². The summed E-state index contributed by atoms with van der Waals surface area (Å²) >= 11 is 1.72. The normalized spacial score (nSPS) is 33.1. The van der Waals surface area contributed by atoms with E-state index >= 15 is 0 Å². The molecule has 0 aliphatic heterocycles. The molecule has 1 aliphatic carbocycles. The van der Waals surface area contributed by atoms with Gasteiger partial charge in [0.05, 0.1) is 5.60 Å². The standard InChI is InChI=1S/C12H18OS/c1-10-4-2-3-6-12(10,13)8-11-5-7-14-9-11/h5,7,9-10,13H,2-4,6,8H2,1H3. The Labute approximate surface area is 89.8 Å². The van der Waals surface area contributed by atoms with Crippen molar-refractivity contribution in [2.45, 2.75) is 44.6 Å². The summed E-state index contributed by atoms with van der Waals surface area (Å²) in [6.07, 6.45) is 5.47. The molecule has 1 heterocycles. The molecule has 14 heavy (non-hydrogen) atoms. The first kappa shape index (κ1) is 10.2. The smallest absolute Gasteiger partial charge is 0.0713 e. The predicted molar refractivity (Wildman–Crippen MR) is 60.6 cm³/mol. The molecule has 0 spiro atoms. The van der Waals surface area contributed by atoms with E-state index in [9.17, 15) is 5.11 Å². The fourth-order valence-electron chi connectivity index (χ4n) is 2.41. The highest BCUT2D eigenvalue weighted by Gasteiger charge is 2.35. The zero-order valence-corrected chi connectivity index (χ0v) is 9.52. The molecular formula is C12H18OS. The van der Waals surface area contributed by atoms with Crippen molar-refractivity contribution >= 4 is 11.3 Å². The third-order valence-corrected chi connectivity index (χ3v) is 4.24. The monoisotopic (exact) mass is 210 g/mol. The van der Waals surface area contributed by atoms with Crippen molar-refractivity contribution in [1.29, 1.82) is 0 Å². The number of aliphatic hydroxyl groups is 1. The summed E-state index contributed by atoms with van der Waals surface area (Å²) < 4.78 is 0. The second-order valence-corrected chi connectivity index (χ2v) is 5.34. The third-order valence-electron chi connectivity index (χ3n) is 3.50. The molecule has 1 aromatic rings. The Morgan fingerprint density at radius 2 is 2.43 bits per heavy atom. The summed E-state index contributed by atoms with van der Waals surface area (Å²) in [4.78, 5) is 0. The van der Waals surface area contributed by atoms with Crippen molar-refractivity contribution in [3.05, 3.63) is 22.4 Å². The fraction of sp³-hybridized carbons (Fsp3) is 0.667. The van der Waals surface area contributed by atoms with E-state index in [4.69, 9.17) is 0 Å². The van der Waals surface area contributed by atoms with Crippen LogP contribution in [0.3, 0.4) is 0 Å². The molecule has 0 amide bonds. The van der Waals surface area contributed by atoms with Crippen LogP contribution in [0.2, 0.25) is 0 Å². The van der Waals surface area contributed by atoms with Gasteiger partial charge in [-0.1, -0.05) is 19.8 Å². The SMILES string of the molecule is CC1CCCCC1(O)Cc1ccsc1. The molecule has 1 fully saturated rings. The van der Waals surface area contributed by atoms with Gasteiger partial charge in [0.1, 0.15) is 0 Å². The molecule has 1 nitrogen and oxygen atoms in total. The Morgan fingerprint density at radius 3 is 3.07 bits per heavy atom. The molecule has 78 valence electrons. The van der Waals surface area contributed by atoms with Crippen molar-refractivity contribution in [2.24, 2.45) is 5.92 Å². The lowest BCUT2D eigenvalue weighted by atomic mass is 9.73. The summed E-state index contributed by atoms with van der Waals surface area (Å²) in [6.45, 7) is 2.19. The van der Waals surface area contributed by atoms with E-state index < -0.39 is 5.60 Å². The Bertz CT molecular complexity index is 281. The molecule has 2 heteroatoms. The molecule has 1 aromatic heterocycles. The summed E-state index contributed by atoms with van der Waals surface area (Å²) in [7, 11) is 0. The third kappa shape index (κ3) is 2.01. The van der Waals surface area contributed by atoms with Gasteiger partial charge in [0, 0.05) is 6.42 Å². The highest BCUT2D eigenvalue weighted by atomic mass is 32.1. The van der Waals surface area contributed by atoms with Gasteiger partial charge >= 0.3 is 0 Å². The van der Waals surface area contributed by atoms with E-state index in [-0.39, 0.29) is 0 Å². The van der Waals surface area contributed by atoms with Gasteiger partial charge in [0.15, 0.2) is 0 Å². The maximum absolute atomic E-state index is 10.5. The molecule has 0 saturated heterocycles. The van der Waals surface area contributed by atoms with Crippen molar-refractivity contribution in [3.63, 3.8) is 0 Å². The highest BCUT2D eigenvalue weighted by molar-refractivity contribution is 7.07. The maximum Gasteiger partial charge on any atom is 0.0713 e. The Morgan fingerprint density at radius 1 is 1.57 bits per heavy atom. The lowest BCUT2D eigenvalue weighted by Crippen LogP contribution is -2.41. The average Bonchev–Trinajstić information content (AvgIpc) is 2.63. The lowest BCUT2D eigenvalue weighted by Gasteiger charge is -2.38. The van der Waals surface area contributed by atoms with E-state index in [0.717, 1.165) is 12.8 Å². The molecule has 1 saturated carbocycles. The van der Waals surface area contributed by atoms with Gasteiger partial charge in [0.2, 0.25) is 0 Å². The van der Waals surface area contributed by atoms with Crippen molar-refractivity contribution in [3.8, 4) is 0 Å². The summed E-state index contributed by atoms with van der Waals surface area (Å²) in [5, 5.41) is 14.8. The maximum atomic E-state index is 10.5. The van der Waals surface area contributed by atoms with Gasteiger partial charge in [-0.2, -0.15) is 11.3 Å². The van der Waals surface area contributed by atoms with Crippen LogP contribution in [0.25, 0.3) is 0 Å². The second kappa shape index (κ2) is 4.03. The van der Waals surface area contributed by atoms with Crippen LogP contribution < -0.4 is 0 Å². The van der Waals surface area contributed by atoms with Gasteiger partial charge < -0.3 is 5.11 Å². The first-order valence-electron chi connectivity index (χ1n) is 5.44. The molecule has 2 rings (SSSR count). The predicted octanol–water partition coefficient (Wildman–Crippen LogP) is 3.23. The first-order chi connectivity index (χ1) is 6.71. The van der Waals surface area contributed by atoms with E-state index in [1.165, 1.54) is 24.8 Å². The number of hydrogen-bond acceptors (Lipinski definition) is 2. The fourth-order valence-corrected chi connectivity index (χ4v) is 3.07.